The van der Waals surface area contributed by atoms with Crippen molar-refractivity contribution in [1.82, 2.24) is 10.2 Å². The number of alkyl halides is 3. The number of carbonyl (C=O) groups is 1. The minimum atomic E-state index is -4.37. The highest BCUT2D eigenvalue weighted by atomic mass is 19.4. The summed E-state index contributed by atoms with van der Waals surface area (Å²) in [4.78, 5) is 14.0. The van der Waals surface area contributed by atoms with Crippen molar-refractivity contribution >= 4 is 6.09 Å². The Hall–Kier alpha value is -1.76. The lowest BCUT2D eigenvalue weighted by molar-refractivity contribution is -0.137. The van der Waals surface area contributed by atoms with Gasteiger partial charge in [-0.05, 0) is 64.3 Å². The Balaban J connectivity index is 2.16. The molecule has 1 fully saturated rings. The van der Waals surface area contributed by atoms with E-state index in [0.29, 0.717) is 18.7 Å². The monoisotopic (exact) mass is 372 g/mol. The van der Waals surface area contributed by atoms with Crippen molar-refractivity contribution in [2.24, 2.45) is 5.92 Å². The van der Waals surface area contributed by atoms with Crippen LogP contribution in [-0.4, -0.2) is 36.7 Å². The molecule has 0 aromatic heterocycles. The molecule has 0 bridgehead atoms. The molecule has 0 radical (unpaired) electrons. The summed E-state index contributed by atoms with van der Waals surface area (Å²) in [5, 5.41) is 3.13. The predicted octanol–water partition coefficient (Wildman–Crippen LogP) is 4.61. The molecular weight excluding hydrogens is 345 g/mol. The van der Waals surface area contributed by atoms with Crippen LogP contribution in [0.1, 0.15) is 50.8 Å². The molecule has 1 aliphatic heterocycles. The van der Waals surface area contributed by atoms with E-state index in [2.05, 4.69) is 5.32 Å². The van der Waals surface area contributed by atoms with Crippen molar-refractivity contribution in [1.29, 1.82) is 0 Å². The van der Waals surface area contributed by atoms with Gasteiger partial charge in [0.2, 0.25) is 0 Å². The highest BCUT2D eigenvalue weighted by molar-refractivity contribution is 5.68. The van der Waals surface area contributed by atoms with Gasteiger partial charge in [-0.25, -0.2) is 4.79 Å². The predicted molar refractivity (Wildman–Crippen MR) is 93.8 cm³/mol. The molecule has 26 heavy (non-hydrogen) atoms. The number of amides is 1. The largest absolute Gasteiger partial charge is 0.444 e. The fraction of sp³-hybridized carbons (Fsp3) is 0.632. The van der Waals surface area contributed by atoms with Gasteiger partial charge in [0.05, 0.1) is 5.56 Å². The third kappa shape index (κ3) is 5.37. The summed E-state index contributed by atoms with van der Waals surface area (Å²) in [5.41, 5.74) is -0.651. The standard InChI is InChI=1S/C19H27F3N2O2/c1-18(2,3)26-17(25)24-10-6-8-14(12-24)16(23-4)13-7-5-9-15(11-13)19(20,21)22/h5,7,9,11,14,16,23H,6,8,10,12H2,1-4H3. The van der Waals surface area contributed by atoms with Crippen LogP contribution in [0.3, 0.4) is 0 Å². The molecule has 1 aromatic rings. The summed E-state index contributed by atoms with van der Waals surface area (Å²) >= 11 is 0. The van der Waals surface area contributed by atoms with E-state index in [1.165, 1.54) is 12.1 Å². The van der Waals surface area contributed by atoms with Crippen molar-refractivity contribution < 1.29 is 22.7 Å². The highest BCUT2D eigenvalue weighted by Crippen LogP contribution is 2.34. The third-order valence-corrected chi connectivity index (χ3v) is 4.47. The molecule has 2 unspecified atom stereocenters. The molecule has 1 N–H and O–H groups in total. The van der Waals surface area contributed by atoms with E-state index in [1.54, 1.807) is 18.0 Å². The zero-order chi connectivity index (χ0) is 19.5. The quantitative estimate of drug-likeness (QED) is 0.842. The van der Waals surface area contributed by atoms with Crippen molar-refractivity contribution in [2.45, 2.75) is 51.4 Å². The van der Waals surface area contributed by atoms with Crippen LogP contribution < -0.4 is 5.32 Å². The van der Waals surface area contributed by atoms with Gasteiger partial charge in [-0.1, -0.05) is 12.1 Å². The van der Waals surface area contributed by atoms with Crippen LogP contribution in [0.2, 0.25) is 0 Å². The van der Waals surface area contributed by atoms with Gasteiger partial charge in [0, 0.05) is 19.1 Å². The van der Waals surface area contributed by atoms with Crippen LogP contribution in [0.4, 0.5) is 18.0 Å². The van der Waals surface area contributed by atoms with Crippen LogP contribution in [-0.2, 0) is 10.9 Å². The Labute approximate surface area is 152 Å². The molecule has 146 valence electrons. The average molecular weight is 372 g/mol. The number of carbonyl (C=O) groups excluding carboxylic acids is 1. The second-order valence-corrected chi connectivity index (χ2v) is 7.72. The molecule has 1 heterocycles. The van der Waals surface area contributed by atoms with Gasteiger partial charge in [-0.15, -0.1) is 0 Å². The van der Waals surface area contributed by atoms with Gasteiger partial charge < -0.3 is 15.0 Å². The maximum Gasteiger partial charge on any atom is 0.416 e. The smallest absolute Gasteiger partial charge is 0.416 e. The minimum Gasteiger partial charge on any atom is -0.444 e. The SMILES string of the molecule is CNC(c1cccc(C(F)(F)F)c1)C1CCCN(C(=O)OC(C)(C)C)C1. The number of nitrogens with one attached hydrogen (secondary N) is 1. The number of ether oxygens (including phenoxy) is 1. The molecule has 1 aliphatic rings. The summed E-state index contributed by atoms with van der Waals surface area (Å²) in [6, 6.07) is 5.12. The summed E-state index contributed by atoms with van der Waals surface area (Å²) in [7, 11) is 1.73. The minimum absolute atomic E-state index is 0.0183. The molecule has 1 saturated heterocycles. The molecule has 0 aliphatic carbocycles. The van der Waals surface area contributed by atoms with Gasteiger partial charge in [0.15, 0.2) is 0 Å². The Kier molecular flexibility index (Phi) is 6.21. The maximum absolute atomic E-state index is 13.0. The Morgan fingerprint density at radius 2 is 2.00 bits per heavy atom. The van der Waals surface area contributed by atoms with Gasteiger partial charge >= 0.3 is 12.3 Å². The molecule has 2 atom stereocenters. The van der Waals surface area contributed by atoms with Crippen molar-refractivity contribution in [2.75, 3.05) is 20.1 Å². The van der Waals surface area contributed by atoms with E-state index in [-0.39, 0.29) is 18.1 Å². The highest BCUT2D eigenvalue weighted by Gasteiger charge is 2.34. The second-order valence-electron chi connectivity index (χ2n) is 7.72. The third-order valence-electron chi connectivity index (χ3n) is 4.47. The van der Waals surface area contributed by atoms with E-state index in [9.17, 15) is 18.0 Å². The normalized spacial score (nSPS) is 20.0. The number of hydrogen-bond donors (Lipinski definition) is 1. The Morgan fingerprint density at radius 3 is 2.58 bits per heavy atom. The first-order valence-corrected chi connectivity index (χ1v) is 8.83. The maximum atomic E-state index is 13.0. The number of benzene rings is 1. The molecule has 7 heteroatoms. The number of hydrogen-bond acceptors (Lipinski definition) is 3. The summed E-state index contributed by atoms with van der Waals surface area (Å²) in [6.45, 7) is 6.49. The van der Waals surface area contributed by atoms with Gasteiger partial charge in [-0.3, -0.25) is 0 Å². The van der Waals surface area contributed by atoms with Crippen LogP contribution in [0, 0.1) is 5.92 Å². The first kappa shape index (κ1) is 20.6. The zero-order valence-electron chi connectivity index (χ0n) is 15.7. The Morgan fingerprint density at radius 1 is 1.31 bits per heavy atom. The van der Waals surface area contributed by atoms with E-state index < -0.39 is 17.3 Å². The second kappa shape index (κ2) is 7.86. The molecular formula is C19H27F3N2O2. The lowest BCUT2D eigenvalue weighted by Crippen LogP contribution is -2.45. The van der Waals surface area contributed by atoms with Crippen molar-refractivity contribution in [3.63, 3.8) is 0 Å². The van der Waals surface area contributed by atoms with Gasteiger partial charge in [-0.2, -0.15) is 13.2 Å². The van der Waals surface area contributed by atoms with E-state index in [4.69, 9.17) is 4.74 Å². The van der Waals surface area contributed by atoms with E-state index in [0.717, 1.165) is 18.9 Å². The zero-order valence-corrected chi connectivity index (χ0v) is 15.7. The lowest BCUT2D eigenvalue weighted by Gasteiger charge is -2.37. The number of piperidine rings is 1. The molecule has 4 nitrogen and oxygen atoms in total. The van der Waals surface area contributed by atoms with Gasteiger partial charge in [0.25, 0.3) is 0 Å². The lowest BCUT2D eigenvalue weighted by atomic mass is 9.86. The number of nitrogens with zero attached hydrogens (tertiary/aromatic N) is 1. The summed E-state index contributed by atoms with van der Waals surface area (Å²) < 4.78 is 44.5. The molecule has 0 saturated carbocycles. The first-order chi connectivity index (χ1) is 12.0. The summed E-state index contributed by atoms with van der Waals surface area (Å²) in [5.74, 6) is 0.0183. The van der Waals surface area contributed by atoms with Crippen LogP contribution in [0.25, 0.3) is 0 Å². The van der Waals surface area contributed by atoms with Crippen LogP contribution in [0.5, 0.6) is 0 Å². The number of halogens is 3. The number of likely N-dealkylation sites (tertiary alicyclic amines) is 1. The average Bonchev–Trinajstić information content (AvgIpc) is 2.54. The van der Waals surface area contributed by atoms with Crippen molar-refractivity contribution in [3.05, 3.63) is 35.4 Å². The van der Waals surface area contributed by atoms with E-state index in [1.807, 2.05) is 20.8 Å². The van der Waals surface area contributed by atoms with Crippen molar-refractivity contribution in [3.8, 4) is 0 Å². The van der Waals surface area contributed by atoms with Gasteiger partial charge in [0.1, 0.15) is 5.60 Å². The topological polar surface area (TPSA) is 41.6 Å². The molecule has 0 spiro atoms. The molecule has 2 rings (SSSR count). The number of rotatable bonds is 3. The van der Waals surface area contributed by atoms with Crippen LogP contribution in [0.15, 0.2) is 24.3 Å². The fourth-order valence-electron chi connectivity index (χ4n) is 3.36. The first-order valence-electron chi connectivity index (χ1n) is 8.83. The summed E-state index contributed by atoms with van der Waals surface area (Å²) in [6.07, 6.45) is -3.12. The van der Waals surface area contributed by atoms with Crippen LogP contribution >= 0.6 is 0 Å². The Bertz CT molecular complexity index is 626. The molecule has 1 amide bonds. The molecule has 1 aromatic carbocycles. The van der Waals surface area contributed by atoms with E-state index >= 15 is 0 Å². The fourth-order valence-corrected chi connectivity index (χ4v) is 3.36.